The number of ether oxygens (including phenoxy) is 6. The Morgan fingerprint density at radius 3 is 2.25 bits per heavy atom. The summed E-state index contributed by atoms with van der Waals surface area (Å²) < 4.78 is 37.0. The molecule has 31 nitrogen and oxygen atoms in total. The quantitative estimate of drug-likeness (QED) is 0.0588. The molecule has 1 fully saturated rings. The third kappa shape index (κ3) is 13.2. The first-order valence-electron chi connectivity index (χ1n) is 28.6. The Labute approximate surface area is 555 Å². The minimum Gasteiger partial charge on any atom is -0.506 e. The monoisotopic (exact) mass is 1390 g/mol. The summed E-state index contributed by atoms with van der Waals surface area (Å²) in [6.45, 7) is 7.50. The van der Waals surface area contributed by atoms with Crippen molar-refractivity contribution >= 4 is 121 Å². The van der Waals surface area contributed by atoms with Crippen molar-refractivity contribution in [2.45, 2.75) is 108 Å². The number of carbonyl (C=O) groups excluding carboxylic acids is 8. The molecule has 12 bridgehead atoms. The maximum atomic E-state index is 15.1. The van der Waals surface area contributed by atoms with Gasteiger partial charge in [0, 0.05) is 55.4 Å². The van der Waals surface area contributed by atoms with Crippen molar-refractivity contribution in [1.82, 2.24) is 61.5 Å². The second-order valence-electron chi connectivity index (χ2n) is 22.2. The van der Waals surface area contributed by atoms with Crippen molar-refractivity contribution in [1.29, 1.82) is 0 Å². The number of methoxy groups -OCH3 is 1. The number of aliphatic hydroxyl groups excluding tert-OH is 2. The molecule has 494 valence electrons. The number of pyridine rings is 1. The summed E-state index contributed by atoms with van der Waals surface area (Å²) in [6, 6.07) is 1.65. The van der Waals surface area contributed by atoms with Crippen LogP contribution in [0.5, 0.6) is 5.75 Å². The van der Waals surface area contributed by atoms with E-state index in [1.54, 1.807) is 18.2 Å². The first kappa shape index (κ1) is 65.7. The van der Waals surface area contributed by atoms with Crippen LogP contribution in [0.4, 0.5) is 0 Å². The zero-order valence-electron chi connectivity index (χ0n) is 50.2. The molecule has 0 unspecified atom stereocenters. The second-order valence-corrected chi connectivity index (χ2v) is 26.6. The van der Waals surface area contributed by atoms with E-state index < -0.39 is 139 Å². The lowest BCUT2D eigenvalue weighted by molar-refractivity contribution is -0.292. The number of hydrogen-bond acceptors (Lipinski definition) is 29. The minimum atomic E-state index is -1.92. The van der Waals surface area contributed by atoms with E-state index in [0.717, 1.165) is 56.7 Å². The summed E-state index contributed by atoms with van der Waals surface area (Å²) in [5.74, 6) is -8.01. The van der Waals surface area contributed by atoms with Gasteiger partial charge in [0.2, 0.25) is 5.91 Å². The molecule has 4 aliphatic heterocycles. The molecule has 0 aliphatic carbocycles. The fourth-order valence-corrected chi connectivity index (χ4v) is 14.8. The highest BCUT2D eigenvalue weighted by Gasteiger charge is 2.49. The Morgan fingerprint density at radius 1 is 0.842 bits per heavy atom. The highest BCUT2D eigenvalue weighted by Crippen LogP contribution is 2.43. The summed E-state index contributed by atoms with van der Waals surface area (Å²) in [5.41, 5.74) is 2.77. The molecule has 11 heterocycles. The molecule has 4 aliphatic rings. The van der Waals surface area contributed by atoms with E-state index in [4.69, 9.17) is 49.1 Å². The minimum absolute atomic E-state index is 0.000466. The third-order valence-electron chi connectivity index (χ3n) is 15.6. The van der Waals surface area contributed by atoms with Crippen molar-refractivity contribution in [2.75, 3.05) is 13.7 Å². The number of nitrogens with zero attached hydrogens (tertiary/aromatic N) is 6. The molecular weight excluding hydrogens is 1340 g/mol. The van der Waals surface area contributed by atoms with Gasteiger partial charge in [-0.3, -0.25) is 28.8 Å². The first-order valence-corrected chi connectivity index (χ1v) is 33.0. The van der Waals surface area contributed by atoms with Crippen molar-refractivity contribution in [3.8, 4) is 38.4 Å². The Hall–Kier alpha value is -9.34. The fraction of sp³-hybridized carbons (Fsp3) is 0.322. The zero-order chi connectivity index (χ0) is 67.5. The summed E-state index contributed by atoms with van der Waals surface area (Å²) in [5, 5.41) is 65.8. The van der Waals surface area contributed by atoms with Gasteiger partial charge in [0.15, 0.2) is 12.4 Å². The predicted octanol–water partition coefficient (Wildman–Crippen LogP) is 3.61. The number of amides is 6. The number of primary amides is 1. The molecule has 0 spiro atoms. The zero-order valence-corrected chi connectivity index (χ0v) is 54.3. The number of nitrogens with two attached hydrogens (primary N) is 1. The number of aromatic hydroxyl groups is 1. The van der Waals surface area contributed by atoms with Gasteiger partial charge in [-0.25, -0.2) is 39.5 Å². The van der Waals surface area contributed by atoms with E-state index in [2.05, 4.69) is 53.1 Å². The number of aromatic amines is 1. The second kappa shape index (κ2) is 26.5. The van der Waals surface area contributed by atoms with E-state index >= 15 is 4.79 Å². The lowest BCUT2D eigenvalue weighted by Crippen LogP contribution is -2.57. The summed E-state index contributed by atoms with van der Waals surface area (Å²) >= 11 is 4.52. The van der Waals surface area contributed by atoms with Crippen LogP contribution in [0.3, 0.4) is 0 Å². The Morgan fingerprint density at radius 2 is 1.52 bits per heavy atom. The predicted molar refractivity (Wildman–Crippen MR) is 338 cm³/mol. The van der Waals surface area contributed by atoms with Crippen LogP contribution in [0.1, 0.15) is 125 Å². The molecule has 10 atom stereocenters. The van der Waals surface area contributed by atoms with Gasteiger partial charge in [-0.2, -0.15) is 0 Å². The van der Waals surface area contributed by atoms with Gasteiger partial charge in [-0.05, 0) is 45.4 Å². The SMILES string of the molecule is C=C(NC(=O)c1csc(-c2nc3c(cc2O)-c2nc(cs2)C(=O)N[C@@H]([C@@H](C)O)C(=O)N/C(=C(\C)OC)c2nc(cs2)C(=O)N[C@@H]2c4nc(cs4)C(=O)N[C@@H](COC(=O)c4[nH]c5cccc6c5c4CO[C@@H]2[C@H](O[C@H]2C[C@](C)(O)[C@@H](O)[C@H](C)O2)C(=O)OC6)c2nc-3cs2)n1)C(N)=O. The van der Waals surface area contributed by atoms with Crippen molar-refractivity contribution in [3.63, 3.8) is 0 Å². The maximum Gasteiger partial charge on any atom is 0.355 e. The van der Waals surface area contributed by atoms with Crippen LogP contribution in [0.25, 0.3) is 49.3 Å². The average Bonchev–Trinajstić information content (AvgIpc) is 1.67. The van der Waals surface area contributed by atoms with Gasteiger partial charge >= 0.3 is 11.9 Å². The van der Waals surface area contributed by atoms with Crippen LogP contribution in [0, 0.1) is 0 Å². The number of hydrogen-bond donors (Lipinski definition) is 11. The number of allylic oxidation sites excluding steroid dienone is 1. The van der Waals surface area contributed by atoms with Crippen LogP contribution in [-0.2, 0) is 56.0 Å². The van der Waals surface area contributed by atoms with Gasteiger partial charge in [0.05, 0.1) is 37.2 Å². The number of carbonyl (C=O) groups is 8. The molecular formula is C59H55N13O18S5. The Balaban J connectivity index is 1.03. The number of thiazole rings is 5. The van der Waals surface area contributed by atoms with E-state index in [1.807, 2.05) is 0 Å². The molecule has 7 aromatic heterocycles. The molecule has 12 rings (SSSR count). The van der Waals surface area contributed by atoms with E-state index in [0.29, 0.717) is 16.5 Å². The lowest BCUT2D eigenvalue weighted by Gasteiger charge is -2.43. The van der Waals surface area contributed by atoms with Gasteiger partial charge in [-0.15, -0.1) is 56.7 Å². The Kier molecular flexibility index (Phi) is 18.3. The van der Waals surface area contributed by atoms with Crippen molar-refractivity contribution in [3.05, 3.63) is 124 Å². The van der Waals surface area contributed by atoms with Crippen LogP contribution in [0.2, 0.25) is 0 Å². The number of cyclic esters (lactones) is 2. The molecule has 95 heavy (non-hydrogen) atoms. The number of rotatable bonds is 8. The molecule has 6 amide bonds. The summed E-state index contributed by atoms with van der Waals surface area (Å²) in [6.07, 6.45) is -9.50. The highest BCUT2D eigenvalue weighted by atomic mass is 32.1. The number of aliphatic hydroxyl groups is 3. The van der Waals surface area contributed by atoms with Crippen molar-refractivity contribution < 1.29 is 87.2 Å². The van der Waals surface area contributed by atoms with Crippen molar-refractivity contribution in [2.24, 2.45) is 5.73 Å². The van der Waals surface area contributed by atoms with E-state index in [1.165, 1.54) is 67.8 Å². The Bertz CT molecular complexity index is 4490. The molecule has 0 radical (unpaired) electrons. The van der Waals surface area contributed by atoms with Crippen LogP contribution < -0.4 is 32.3 Å². The number of H-pyrrole nitrogens is 1. The molecule has 1 saturated heterocycles. The number of benzene rings is 1. The lowest BCUT2D eigenvalue weighted by atomic mass is 9.89. The number of aromatic nitrogens is 7. The third-order valence-corrected chi connectivity index (χ3v) is 20.1. The number of esters is 2. The van der Waals surface area contributed by atoms with Gasteiger partial charge < -0.3 is 86.1 Å². The standard InChI is InChI=1S/C59H55N13O18S5/c1-20(46(60)76)61-47(77)30-17-94-55(67-30)41-34(74)10-25-39(69-41)29-15-92-53(64-29)28-14-88-57(82)40-26-13-86-43(44(90-35-11-59(5,84)45(75)23(4)89-35)58(83)87-12-24-8-7-9-27(62-40)36(24)26)42(56-68-31(18-95-56)48(78)63-28)72-50(80)33-19-93-54(66-33)38(22(3)85-6)71-51(81)37(21(2)73)70-49(79)32-16-91-52(25)65-32/h7-10,15-19,21,23,28,35,37,42-45,62,73-75,84H,1,11-14H2,2-6H3,(H2,60,76)(H,61,77)(H,63,78)(H,70,79)(H,71,81)(H,72,80)/b38-22+/t21-,23+,28+,35+,37+,42+,43+,44+,45+,59+/m1/s1. The molecule has 36 heteroatoms. The van der Waals surface area contributed by atoms with E-state index in [9.17, 15) is 54.0 Å². The maximum absolute atomic E-state index is 15.1. The largest absolute Gasteiger partial charge is 0.506 e. The van der Waals surface area contributed by atoms with Gasteiger partial charge in [-0.1, -0.05) is 18.7 Å². The molecule has 0 saturated carbocycles. The fourth-order valence-electron chi connectivity index (χ4n) is 10.6. The highest BCUT2D eigenvalue weighted by molar-refractivity contribution is 7.14. The van der Waals surface area contributed by atoms with Gasteiger partial charge in [0.25, 0.3) is 29.5 Å². The number of nitrogens with one attached hydrogen (secondary N) is 6. The van der Waals surface area contributed by atoms with Crippen LogP contribution >= 0.6 is 56.7 Å². The van der Waals surface area contributed by atoms with E-state index in [-0.39, 0.29) is 99.6 Å². The van der Waals surface area contributed by atoms with Gasteiger partial charge in [0.1, 0.15) is 131 Å². The molecule has 1 aromatic carbocycles. The number of fused-ring (bicyclic) bond motifs is 15. The summed E-state index contributed by atoms with van der Waals surface area (Å²) in [7, 11) is 1.30. The molecule has 8 aromatic rings. The molecule has 12 N–H and O–H groups in total. The average molecular weight is 1390 g/mol. The topological polar surface area (TPSA) is 452 Å². The normalized spacial score (nSPS) is 24.3. The van der Waals surface area contributed by atoms with Crippen LogP contribution in [0.15, 0.2) is 69.2 Å². The first-order chi connectivity index (χ1) is 45.3. The summed E-state index contributed by atoms with van der Waals surface area (Å²) in [4.78, 5) is 144. The smallest absolute Gasteiger partial charge is 0.355 e. The van der Waals surface area contributed by atoms with Crippen LogP contribution in [-0.4, -0.2) is 165 Å².